The third-order valence-electron chi connectivity index (χ3n) is 4.98. The van der Waals surface area contributed by atoms with E-state index in [0.29, 0.717) is 18.8 Å². The number of rotatable bonds is 4. The van der Waals surface area contributed by atoms with Crippen LogP contribution in [0.2, 0.25) is 0 Å². The van der Waals surface area contributed by atoms with Gasteiger partial charge < -0.3 is 14.2 Å². The number of benzene rings is 2. The minimum absolute atomic E-state index is 0.0293. The molecular formula is C20H20FN3O2. The number of methoxy groups -OCH3 is 1. The molecule has 134 valence electrons. The number of hydrogen-bond acceptors (Lipinski definition) is 3. The van der Waals surface area contributed by atoms with E-state index in [9.17, 15) is 9.18 Å². The number of hydrogen-bond donors (Lipinski definition) is 0. The second-order valence-corrected chi connectivity index (χ2v) is 6.53. The Hall–Kier alpha value is -2.89. The Morgan fingerprint density at radius 2 is 2.15 bits per heavy atom. The molecule has 1 atom stereocenters. The largest absolute Gasteiger partial charge is 0.497 e. The van der Waals surface area contributed by atoms with Crippen LogP contribution in [-0.2, 0) is 6.54 Å². The van der Waals surface area contributed by atoms with Gasteiger partial charge in [0.25, 0.3) is 5.91 Å². The van der Waals surface area contributed by atoms with Gasteiger partial charge in [0.2, 0.25) is 0 Å². The molecule has 0 unspecified atom stereocenters. The monoisotopic (exact) mass is 353 g/mol. The second kappa shape index (κ2) is 6.78. The number of fused-ring (bicyclic) bond motifs is 1. The highest BCUT2D eigenvalue weighted by molar-refractivity contribution is 5.95. The topological polar surface area (TPSA) is 47.4 Å². The van der Waals surface area contributed by atoms with Crippen molar-refractivity contribution in [2.45, 2.75) is 25.4 Å². The Balaban J connectivity index is 1.57. The molecule has 2 heterocycles. The molecule has 1 saturated heterocycles. The predicted molar refractivity (Wildman–Crippen MR) is 96.7 cm³/mol. The number of imidazole rings is 1. The molecule has 0 spiro atoms. The molecule has 3 aromatic rings. The van der Waals surface area contributed by atoms with Crippen LogP contribution < -0.4 is 4.74 Å². The molecule has 1 aliphatic rings. The number of carbonyl (C=O) groups is 1. The molecule has 0 radical (unpaired) electrons. The van der Waals surface area contributed by atoms with Crippen LogP contribution in [0.15, 0.2) is 48.8 Å². The predicted octanol–water partition coefficient (Wildman–Crippen LogP) is 3.49. The zero-order chi connectivity index (χ0) is 18.1. The zero-order valence-electron chi connectivity index (χ0n) is 14.6. The lowest BCUT2D eigenvalue weighted by Gasteiger charge is -2.25. The molecule has 26 heavy (non-hydrogen) atoms. The highest BCUT2D eigenvalue weighted by Gasteiger charge is 2.31. The molecule has 5 nitrogen and oxygen atoms in total. The molecule has 1 aliphatic heterocycles. The van der Waals surface area contributed by atoms with Gasteiger partial charge in [0.05, 0.1) is 36.1 Å². The molecule has 0 N–H and O–H groups in total. The van der Waals surface area contributed by atoms with E-state index >= 15 is 0 Å². The van der Waals surface area contributed by atoms with Crippen LogP contribution in [0.5, 0.6) is 5.75 Å². The van der Waals surface area contributed by atoms with Gasteiger partial charge in [-0.15, -0.1) is 0 Å². The highest BCUT2D eigenvalue weighted by atomic mass is 19.1. The number of ether oxygens (including phenoxy) is 1. The smallest absolute Gasteiger partial charge is 0.257 e. The summed E-state index contributed by atoms with van der Waals surface area (Å²) in [6.07, 6.45) is 3.62. The van der Waals surface area contributed by atoms with Crippen molar-refractivity contribution in [1.82, 2.24) is 14.5 Å². The van der Waals surface area contributed by atoms with E-state index < -0.39 is 5.82 Å². The van der Waals surface area contributed by atoms with Gasteiger partial charge in [-0.3, -0.25) is 4.79 Å². The summed E-state index contributed by atoms with van der Waals surface area (Å²) < 4.78 is 21.4. The van der Waals surface area contributed by atoms with Gasteiger partial charge in [-0.1, -0.05) is 12.1 Å². The molecule has 0 aliphatic carbocycles. The van der Waals surface area contributed by atoms with Crippen LogP contribution in [0, 0.1) is 5.82 Å². The van der Waals surface area contributed by atoms with Gasteiger partial charge in [-0.25, -0.2) is 9.37 Å². The first kappa shape index (κ1) is 16.6. The lowest BCUT2D eigenvalue weighted by Crippen LogP contribution is -2.38. The van der Waals surface area contributed by atoms with Crippen molar-refractivity contribution >= 4 is 16.9 Å². The fraction of sp³-hybridized carbons (Fsp3) is 0.300. The van der Waals surface area contributed by atoms with E-state index in [4.69, 9.17) is 4.74 Å². The van der Waals surface area contributed by atoms with Crippen molar-refractivity contribution in [3.8, 4) is 5.75 Å². The number of nitrogens with zero attached hydrogens (tertiary/aromatic N) is 3. The molecule has 6 heteroatoms. The summed E-state index contributed by atoms with van der Waals surface area (Å²) in [6, 6.07) is 12.3. The van der Waals surface area contributed by atoms with Gasteiger partial charge in [0.15, 0.2) is 0 Å². The van der Waals surface area contributed by atoms with Crippen molar-refractivity contribution < 1.29 is 13.9 Å². The van der Waals surface area contributed by atoms with Crippen molar-refractivity contribution in [3.05, 3.63) is 60.2 Å². The number of para-hydroxylation sites is 2. The number of carbonyl (C=O) groups excluding carboxylic acids is 1. The Morgan fingerprint density at radius 3 is 2.96 bits per heavy atom. The lowest BCUT2D eigenvalue weighted by atomic mass is 10.1. The molecule has 1 aromatic heterocycles. The van der Waals surface area contributed by atoms with E-state index in [1.165, 1.54) is 19.2 Å². The number of amides is 1. The summed E-state index contributed by atoms with van der Waals surface area (Å²) in [7, 11) is 1.47. The molecule has 4 rings (SSSR count). The standard InChI is InChI=1S/C20H20FN3O2/c1-26-15-8-9-16(17(21)11-15)20(25)24-10-4-5-14(24)12-23-13-22-18-6-2-3-7-19(18)23/h2-3,6-9,11,13-14H,4-5,10,12H2,1H3/t14-/m1/s1. The summed E-state index contributed by atoms with van der Waals surface area (Å²) in [5.74, 6) is -0.410. The Labute approximate surface area is 151 Å². The second-order valence-electron chi connectivity index (χ2n) is 6.53. The number of aromatic nitrogens is 2. The zero-order valence-corrected chi connectivity index (χ0v) is 14.6. The normalized spacial score (nSPS) is 17.0. The summed E-state index contributed by atoms with van der Waals surface area (Å²) in [6.45, 7) is 1.30. The third kappa shape index (κ3) is 2.92. The first-order valence-electron chi connectivity index (χ1n) is 8.72. The first-order valence-corrected chi connectivity index (χ1v) is 8.72. The van der Waals surface area contributed by atoms with Crippen LogP contribution >= 0.6 is 0 Å². The third-order valence-corrected chi connectivity index (χ3v) is 4.98. The summed E-state index contributed by atoms with van der Waals surface area (Å²) in [5.41, 5.74) is 2.07. The summed E-state index contributed by atoms with van der Waals surface area (Å²) in [4.78, 5) is 19.1. The van der Waals surface area contributed by atoms with Crippen molar-refractivity contribution in [2.24, 2.45) is 0 Å². The van der Waals surface area contributed by atoms with Crippen LogP contribution in [-0.4, -0.2) is 40.1 Å². The van der Waals surface area contributed by atoms with Gasteiger partial charge in [-0.2, -0.15) is 0 Å². The highest BCUT2D eigenvalue weighted by Crippen LogP contribution is 2.25. The molecule has 1 fully saturated rings. The minimum Gasteiger partial charge on any atom is -0.497 e. The first-order chi connectivity index (χ1) is 12.7. The van der Waals surface area contributed by atoms with Crippen molar-refractivity contribution in [2.75, 3.05) is 13.7 Å². The SMILES string of the molecule is COc1ccc(C(=O)N2CCC[C@@H]2Cn2cnc3ccccc32)c(F)c1. The van der Waals surface area contributed by atoms with E-state index in [1.54, 1.807) is 17.3 Å². The van der Waals surface area contributed by atoms with Crippen molar-refractivity contribution in [3.63, 3.8) is 0 Å². The summed E-state index contributed by atoms with van der Waals surface area (Å²) in [5, 5.41) is 0. The Kier molecular flexibility index (Phi) is 4.32. The van der Waals surface area contributed by atoms with E-state index in [1.807, 2.05) is 24.3 Å². The van der Waals surface area contributed by atoms with Gasteiger partial charge in [0, 0.05) is 19.2 Å². The fourth-order valence-corrected chi connectivity index (χ4v) is 3.63. The maximum absolute atomic E-state index is 14.3. The van der Waals surface area contributed by atoms with Gasteiger partial charge >= 0.3 is 0 Å². The Morgan fingerprint density at radius 1 is 1.31 bits per heavy atom. The van der Waals surface area contributed by atoms with Gasteiger partial charge in [0.1, 0.15) is 11.6 Å². The van der Waals surface area contributed by atoms with Gasteiger partial charge in [-0.05, 0) is 37.1 Å². The molecule has 0 saturated carbocycles. The van der Waals surface area contributed by atoms with E-state index in [-0.39, 0.29) is 17.5 Å². The quantitative estimate of drug-likeness (QED) is 0.721. The Bertz CT molecular complexity index is 953. The number of likely N-dealkylation sites (tertiary alicyclic amines) is 1. The average molecular weight is 353 g/mol. The molecule has 0 bridgehead atoms. The van der Waals surface area contributed by atoms with E-state index in [2.05, 4.69) is 9.55 Å². The maximum Gasteiger partial charge on any atom is 0.257 e. The van der Waals surface area contributed by atoms with Crippen LogP contribution in [0.3, 0.4) is 0 Å². The van der Waals surface area contributed by atoms with Crippen LogP contribution in [0.4, 0.5) is 4.39 Å². The molecular weight excluding hydrogens is 333 g/mol. The van der Waals surface area contributed by atoms with E-state index in [0.717, 1.165) is 23.9 Å². The van der Waals surface area contributed by atoms with Crippen LogP contribution in [0.1, 0.15) is 23.2 Å². The fourth-order valence-electron chi connectivity index (χ4n) is 3.63. The maximum atomic E-state index is 14.3. The number of halogens is 1. The van der Waals surface area contributed by atoms with Crippen molar-refractivity contribution in [1.29, 1.82) is 0 Å². The molecule has 2 aromatic carbocycles. The minimum atomic E-state index is -0.548. The average Bonchev–Trinajstić information content (AvgIpc) is 3.29. The van der Waals surface area contributed by atoms with Crippen LogP contribution in [0.25, 0.3) is 11.0 Å². The summed E-state index contributed by atoms with van der Waals surface area (Å²) >= 11 is 0. The lowest BCUT2D eigenvalue weighted by molar-refractivity contribution is 0.0720. The molecule has 1 amide bonds.